The fourth-order valence-corrected chi connectivity index (χ4v) is 1.13. The van der Waals surface area contributed by atoms with E-state index in [1.54, 1.807) is 0 Å². The summed E-state index contributed by atoms with van der Waals surface area (Å²) in [7, 11) is 0. The number of unbranched alkanes of at least 4 members (excludes halogenated alkanes) is 2. The summed E-state index contributed by atoms with van der Waals surface area (Å²) < 4.78 is 0. The van der Waals surface area contributed by atoms with Crippen LogP contribution in [0.15, 0.2) is 48.5 Å². The molecule has 0 aliphatic rings. The Hall–Kier alpha value is -1.30. The van der Waals surface area contributed by atoms with Crippen molar-refractivity contribution in [1.29, 1.82) is 0 Å². The van der Waals surface area contributed by atoms with Gasteiger partial charge in [-0.25, -0.2) is 0 Å². The SMILES string of the molecule is CC.CCCC.CCCC.c1ccc2ccccc2c1. The molecule has 0 N–H and O–H groups in total. The number of fused-ring (bicyclic) bond motifs is 1. The van der Waals surface area contributed by atoms with Crippen LogP contribution in [0.1, 0.15) is 67.2 Å². The maximum atomic E-state index is 2.18. The maximum absolute atomic E-state index is 2.18. The zero-order chi connectivity index (χ0) is 15.6. The number of hydrogen-bond acceptors (Lipinski definition) is 0. The number of rotatable bonds is 2. The maximum Gasteiger partial charge on any atom is -0.0184 e. The first-order chi connectivity index (χ1) is 9.79. The molecule has 2 aromatic carbocycles. The topological polar surface area (TPSA) is 0 Å². The first-order valence-electron chi connectivity index (χ1n) is 8.23. The smallest absolute Gasteiger partial charge is 0.0184 e. The highest BCUT2D eigenvalue weighted by molar-refractivity contribution is 5.81. The van der Waals surface area contributed by atoms with Crippen molar-refractivity contribution in [2.45, 2.75) is 67.2 Å². The van der Waals surface area contributed by atoms with E-state index in [4.69, 9.17) is 0 Å². The molecule has 0 saturated heterocycles. The van der Waals surface area contributed by atoms with Crippen LogP contribution in [0.2, 0.25) is 0 Å². The van der Waals surface area contributed by atoms with Crippen LogP contribution < -0.4 is 0 Å². The molecular weight excluding hydrogens is 240 g/mol. The highest BCUT2D eigenvalue weighted by atomic mass is 13.9. The van der Waals surface area contributed by atoms with Crippen LogP contribution >= 0.6 is 0 Å². The fraction of sp³-hybridized carbons (Fsp3) is 0.500. The van der Waals surface area contributed by atoms with E-state index in [0.717, 1.165) is 0 Å². The van der Waals surface area contributed by atoms with Gasteiger partial charge in [-0.15, -0.1) is 0 Å². The lowest BCUT2D eigenvalue weighted by Crippen LogP contribution is -1.67. The Balaban J connectivity index is 0. The summed E-state index contributed by atoms with van der Waals surface area (Å²) in [6, 6.07) is 16.7. The van der Waals surface area contributed by atoms with Gasteiger partial charge in [0, 0.05) is 0 Å². The molecule has 0 fully saturated rings. The van der Waals surface area contributed by atoms with Crippen LogP contribution in [-0.2, 0) is 0 Å². The molecule has 0 aliphatic heterocycles. The summed E-state index contributed by atoms with van der Waals surface area (Å²) in [5.41, 5.74) is 0. The molecule has 0 aromatic heterocycles. The van der Waals surface area contributed by atoms with Crippen LogP contribution in [0.5, 0.6) is 0 Å². The molecule has 0 unspecified atom stereocenters. The molecule has 0 amide bonds. The van der Waals surface area contributed by atoms with Gasteiger partial charge in [-0.3, -0.25) is 0 Å². The minimum Gasteiger partial charge on any atom is -0.0683 e. The van der Waals surface area contributed by atoms with Crippen molar-refractivity contribution in [3.05, 3.63) is 48.5 Å². The first kappa shape index (κ1) is 21.0. The standard InChI is InChI=1S/C10H8.2C4H10.C2H6/c1-2-6-10-8-4-3-7-9(10)5-1;2*1-3-4-2;1-2/h1-8H;2*3-4H2,1-2H3;1-2H3. The van der Waals surface area contributed by atoms with Crippen molar-refractivity contribution in [2.75, 3.05) is 0 Å². The second-order valence-corrected chi connectivity index (χ2v) is 4.35. The summed E-state index contributed by atoms with van der Waals surface area (Å²) in [5, 5.41) is 2.62. The summed E-state index contributed by atoms with van der Waals surface area (Å²) in [4.78, 5) is 0. The van der Waals surface area contributed by atoms with Crippen molar-refractivity contribution < 1.29 is 0 Å². The van der Waals surface area contributed by atoms with Crippen molar-refractivity contribution in [3.8, 4) is 0 Å². The van der Waals surface area contributed by atoms with Crippen LogP contribution in [0.25, 0.3) is 10.8 Å². The average molecular weight is 274 g/mol. The Bertz CT molecular complexity index is 316. The van der Waals surface area contributed by atoms with Gasteiger partial charge >= 0.3 is 0 Å². The molecule has 0 spiro atoms. The minimum atomic E-state index is 1.31. The van der Waals surface area contributed by atoms with E-state index in [1.807, 2.05) is 13.8 Å². The predicted molar refractivity (Wildman–Crippen MR) is 96.5 cm³/mol. The van der Waals surface area contributed by atoms with Crippen LogP contribution in [0.3, 0.4) is 0 Å². The van der Waals surface area contributed by atoms with E-state index >= 15 is 0 Å². The van der Waals surface area contributed by atoms with E-state index in [1.165, 1.54) is 36.5 Å². The Morgan fingerprint density at radius 2 is 0.700 bits per heavy atom. The molecule has 0 bridgehead atoms. The zero-order valence-corrected chi connectivity index (χ0v) is 14.4. The van der Waals surface area contributed by atoms with Crippen molar-refractivity contribution >= 4 is 10.8 Å². The number of benzene rings is 2. The summed E-state index contributed by atoms with van der Waals surface area (Å²) >= 11 is 0. The molecule has 0 heteroatoms. The number of hydrogen-bond donors (Lipinski definition) is 0. The third-order valence-electron chi connectivity index (χ3n) is 2.66. The van der Waals surface area contributed by atoms with Gasteiger partial charge in [-0.2, -0.15) is 0 Å². The van der Waals surface area contributed by atoms with Gasteiger partial charge in [0.25, 0.3) is 0 Å². The predicted octanol–water partition coefficient (Wildman–Crippen LogP) is 7.48. The molecule has 0 nitrogen and oxygen atoms in total. The Kier molecular flexibility index (Phi) is 18.6. The first-order valence-corrected chi connectivity index (χ1v) is 8.23. The molecule has 0 aliphatic carbocycles. The molecule has 0 atom stereocenters. The molecule has 0 heterocycles. The Morgan fingerprint density at radius 1 is 0.500 bits per heavy atom. The highest BCUT2D eigenvalue weighted by Gasteiger charge is 1.85. The van der Waals surface area contributed by atoms with E-state index < -0.39 is 0 Å². The van der Waals surface area contributed by atoms with Gasteiger partial charge in [-0.1, -0.05) is 116 Å². The largest absolute Gasteiger partial charge is 0.0683 e. The molecular formula is C20H34. The lowest BCUT2D eigenvalue weighted by molar-refractivity contribution is 0.886. The molecule has 0 radical (unpaired) electrons. The summed E-state index contributed by atoms with van der Waals surface area (Å²) in [6.07, 6.45) is 5.28. The van der Waals surface area contributed by atoms with Gasteiger partial charge in [0.15, 0.2) is 0 Å². The summed E-state index contributed by atoms with van der Waals surface area (Å²) in [5.74, 6) is 0. The Labute approximate surface area is 127 Å². The molecule has 20 heavy (non-hydrogen) atoms. The molecule has 2 aromatic rings. The molecule has 0 saturated carbocycles. The fourth-order valence-electron chi connectivity index (χ4n) is 1.13. The lowest BCUT2D eigenvalue weighted by Gasteiger charge is -1.92. The Morgan fingerprint density at radius 3 is 0.850 bits per heavy atom. The van der Waals surface area contributed by atoms with Crippen LogP contribution in [0.4, 0.5) is 0 Å². The van der Waals surface area contributed by atoms with Crippen molar-refractivity contribution in [2.24, 2.45) is 0 Å². The second kappa shape index (κ2) is 17.7. The monoisotopic (exact) mass is 274 g/mol. The van der Waals surface area contributed by atoms with E-state index in [2.05, 4.69) is 76.2 Å². The van der Waals surface area contributed by atoms with Crippen LogP contribution in [-0.4, -0.2) is 0 Å². The third-order valence-corrected chi connectivity index (χ3v) is 2.66. The summed E-state index contributed by atoms with van der Waals surface area (Å²) in [6.45, 7) is 12.7. The molecule has 2 rings (SSSR count). The van der Waals surface area contributed by atoms with Gasteiger partial charge in [0.05, 0.1) is 0 Å². The van der Waals surface area contributed by atoms with Crippen molar-refractivity contribution in [1.82, 2.24) is 0 Å². The quantitative estimate of drug-likeness (QED) is 0.532. The van der Waals surface area contributed by atoms with Gasteiger partial charge in [-0.05, 0) is 10.8 Å². The lowest BCUT2D eigenvalue weighted by atomic mass is 10.1. The van der Waals surface area contributed by atoms with Gasteiger partial charge in [0.1, 0.15) is 0 Å². The van der Waals surface area contributed by atoms with Crippen LogP contribution in [0, 0.1) is 0 Å². The van der Waals surface area contributed by atoms with Crippen molar-refractivity contribution in [3.63, 3.8) is 0 Å². The van der Waals surface area contributed by atoms with E-state index in [-0.39, 0.29) is 0 Å². The average Bonchev–Trinajstić information content (AvgIpc) is 2.57. The normalized spacial score (nSPS) is 8.30. The van der Waals surface area contributed by atoms with Gasteiger partial charge in [0.2, 0.25) is 0 Å². The van der Waals surface area contributed by atoms with Gasteiger partial charge < -0.3 is 0 Å². The second-order valence-electron chi connectivity index (χ2n) is 4.35. The highest BCUT2D eigenvalue weighted by Crippen LogP contribution is 2.11. The zero-order valence-electron chi connectivity index (χ0n) is 14.4. The molecule has 114 valence electrons. The van der Waals surface area contributed by atoms with E-state index in [0.29, 0.717) is 0 Å². The van der Waals surface area contributed by atoms with E-state index in [9.17, 15) is 0 Å². The minimum absolute atomic E-state index is 1.31. The third kappa shape index (κ3) is 11.8.